The Bertz CT molecular complexity index is 1330. The fourth-order valence-corrected chi connectivity index (χ4v) is 4.71. The molecule has 1 aliphatic carbocycles. The lowest BCUT2D eigenvalue weighted by Crippen LogP contribution is -2.47. The number of hydrogen-bond acceptors (Lipinski definition) is 4. The topological polar surface area (TPSA) is 55.8 Å². The van der Waals surface area contributed by atoms with E-state index in [0.29, 0.717) is 12.1 Å². The van der Waals surface area contributed by atoms with E-state index in [1.54, 1.807) is 20.8 Å². The number of esters is 1. The fourth-order valence-electron chi connectivity index (χ4n) is 4.71. The van der Waals surface area contributed by atoms with Crippen LogP contribution in [-0.4, -0.2) is 42.3 Å². The standard InChI is InChI=1S/C30H29F4NO4/c1-29(2,3)39-27(36)26(16-18-13-14-24(25(31)15-18)30(32,33)34)35(4)28(37)38-17-23-21-11-7-5-9-19(21)20-10-6-8-12-22(20)23/h5-15,23,26H,16-17H2,1-4H3. The maximum absolute atomic E-state index is 14.2. The first kappa shape index (κ1) is 28.1. The Balaban J connectivity index is 1.54. The summed E-state index contributed by atoms with van der Waals surface area (Å²) in [5, 5.41) is 0. The lowest BCUT2D eigenvalue weighted by Gasteiger charge is -2.30. The minimum atomic E-state index is -4.86. The molecular formula is C30H29F4NO4. The number of alkyl halides is 3. The third-order valence-corrected chi connectivity index (χ3v) is 6.54. The highest BCUT2D eigenvalue weighted by molar-refractivity contribution is 5.82. The molecule has 1 amide bonds. The van der Waals surface area contributed by atoms with Gasteiger partial charge in [0, 0.05) is 19.4 Å². The van der Waals surface area contributed by atoms with Gasteiger partial charge in [0.1, 0.15) is 24.1 Å². The summed E-state index contributed by atoms with van der Waals surface area (Å²) in [6.45, 7) is 4.94. The molecule has 206 valence electrons. The molecule has 0 N–H and O–H groups in total. The van der Waals surface area contributed by atoms with Crippen LogP contribution in [0.2, 0.25) is 0 Å². The highest BCUT2D eigenvalue weighted by Gasteiger charge is 2.36. The number of carbonyl (C=O) groups excluding carboxylic acids is 2. The van der Waals surface area contributed by atoms with Crippen LogP contribution in [0.3, 0.4) is 0 Å². The van der Waals surface area contributed by atoms with Crippen LogP contribution >= 0.6 is 0 Å². The van der Waals surface area contributed by atoms with Crippen LogP contribution in [0, 0.1) is 5.82 Å². The number of nitrogens with zero attached hydrogens (tertiary/aromatic N) is 1. The number of carbonyl (C=O) groups is 2. The van der Waals surface area contributed by atoms with Gasteiger partial charge in [-0.15, -0.1) is 0 Å². The van der Waals surface area contributed by atoms with Crippen molar-refractivity contribution in [3.8, 4) is 11.1 Å². The van der Waals surface area contributed by atoms with Gasteiger partial charge in [-0.25, -0.2) is 14.0 Å². The maximum atomic E-state index is 14.2. The zero-order valence-electron chi connectivity index (χ0n) is 22.0. The molecule has 3 aromatic rings. The van der Waals surface area contributed by atoms with Gasteiger partial charge in [-0.1, -0.05) is 54.6 Å². The maximum Gasteiger partial charge on any atom is 0.419 e. The molecule has 0 aliphatic heterocycles. The van der Waals surface area contributed by atoms with Crippen LogP contribution in [0.25, 0.3) is 11.1 Å². The smallest absolute Gasteiger partial charge is 0.419 e. The molecule has 4 rings (SSSR count). The Morgan fingerprint density at radius 2 is 1.49 bits per heavy atom. The van der Waals surface area contributed by atoms with E-state index in [0.717, 1.165) is 33.2 Å². The minimum absolute atomic E-state index is 0.00709. The molecule has 3 aromatic carbocycles. The van der Waals surface area contributed by atoms with Gasteiger partial charge in [-0.2, -0.15) is 13.2 Å². The number of amides is 1. The summed E-state index contributed by atoms with van der Waals surface area (Å²) >= 11 is 0. The molecule has 0 saturated heterocycles. The number of hydrogen-bond donors (Lipinski definition) is 0. The first-order valence-corrected chi connectivity index (χ1v) is 12.4. The zero-order chi connectivity index (χ0) is 28.5. The van der Waals surface area contributed by atoms with E-state index in [1.165, 1.54) is 7.05 Å². The largest absolute Gasteiger partial charge is 0.458 e. The Hall–Kier alpha value is -3.88. The van der Waals surface area contributed by atoms with E-state index in [2.05, 4.69) is 0 Å². The molecule has 9 heteroatoms. The summed E-state index contributed by atoms with van der Waals surface area (Å²) in [5.74, 6) is -2.47. The Morgan fingerprint density at radius 3 is 2.00 bits per heavy atom. The quantitative estimate of drug-likeness (QED) is 0.249. The molecule has 0 spiro atoms. The second-order valence-electron chi connectivity index (χ2n) is 10.5. The van der Waals surface area contributed by atoms with Crippen molar-refractivity contribution in [2.24, 2.45) is 0 Å². The zero-order valence-corrected chi connectivity index (χ0v) is 22.0. The van der Waals surface area contributed by atoms with Crippen molar-refractivity contribution in [3.63, 3.8) is 0 Å². The van der Waals surface area contributed by atoms with Crippen LogP contribution in [0.15, 0.2) is 66.7 Å². The SMILES string of the molecule is CN(C(=O)OCC1c2ccccc2-c2ccccc21)C(Cc1ccc(C(F)(F)F)c(F)c1)C(=O)OC(C)(C)C. The molecule has 0 saturated carbocycles. The monoisotopic (exact) mass is 543 g/mol. The third-order valence-electron chi connectivity index (χ3n) is 6.54. The van der Waals surface area contributed by atoms with Crippen molar-refractivity contribution in [2.45, 2.75) is 50.9 Å². The van der Waals surface area contributed by atoms with E-state index in [-0.39, 0.29) is 24.5 Å². The average Bonchev–Trinajstić information content (AvgIpc) is 3.17. The molecular weight excluding hydrogens is 514 g/mol. The van der Waals surface area contributed by atoms with E-state index in [4.69, 9.17) is 9.47 Å². The molecule has 0 fully saturated rings. The van der Waals surface area contributed by atoms with Gasteiger partial charge in [0.05, 0.1) is 5.56 Å². The number of likely N-dealkylation sites (N-methyl/N-ethyl adjacent to an activating group) is 1. The molecule has 0 bridgehead atoms. The number of halogens is 4. The summed E-state index contributed by atoms with van der Waals surface area (Å²) in [5.41, 5.74) is 1.91. The van der Waals surface area contributed by atoms with Gasteiger partial charge in [0.2, 0.25) is 0 Å². The highest BCUT2D eigenvalue weighted by Crippen LogP contribution is 2.44. The number of fused-ring (bicyclic) bond motifs is 3. The Morgan fingerprint density at radius 1 is 0.923 bits per heavy atom. The lowest BCUT2D eigenvalue weighted by atomic mass is 9.98. The molecule has 1 aliphatic rings. The van der Waals surface area contributed by atoms with Gasteiger partial charge < -0.3 is 9.47 Å². The normalized spacial score (nSPS) is 13.8. The second kappa shape index (κ2) is 10.7. The number of ether oxygens (including phenoxy) is 2. The Labute approximate surface area is 224 Å². The predicted octanol–water partition coefficient (Wildman–Crippen LogP) is 6.98. The van der Waals surface area contributed by atoms with Crippen LogP contribution in [0.4, 0.5) is 22.4 Å². The van der Waals surface area contributed by atoms with Crippen LogP contribution in [0.1, 0.15) is 48.9 Å². The summed E-state index contributed by atoms with van der Waals surface area (Å²) in [4.78, 5) is 27.3. The second-order valence-corrected chi connectivity index (χ2v) is 10.5. The molecule has 39 heavy (non-hydrogen) atoms. The van der Waals surface area contributed by atoms with Crippen LogP contribution < -0.4 is 0 Å². The average molecular weight is 544 g/mol. The molecule has 5 nitrogen and oxygen atoms in total. The van der Waals surface area contributed by atoms with Gasteiger partial charge in [0.15, 0.2) is 0 Å². The third kappa shape index (κ3) is 6.24. The molecule has 0 heterocycles. The van der Waals surface area contributed by atoms with Gasteiger partial charge in [-0.3, -0.25) is 4.90 Å². The van der Waals surface area contributed by atoms with E-state index < -0.39 is 41.3 Å². The van der Waals surface area contributed by atoms with E-state index >= 15 is 0 Å². The van der Waals surface area contributed by atoms with Crippen molar-refractivity contribution in [1.82, 2.24) is 4.90 Å². The Kier molecular flexibility index (Phi) is 7.73. The van der Waals surface area contributed by atoms with E-state index in [1.807, 2.05) is 48.5 Å². The summed E-state index contributed by atoms with van der Waals surface area (Å²) in [7, 11) is 1.34. The van der Waals surface area contributed by atoms with Crippen molar-refractivity contribution < 1.29 is 36.6 Å². The molecule has 0 radical (unpaired) electrons. The molecule has 1 atom stereocenters. The van der Waals surface area contributed by atoms with Crippen molar-refractivity contribution in [1.29, 1.82) is 0 Å². The molecule has 1 unspecified atom stereocenters. The van der Waals surface area contributed by atoms with Crippen molar-refractivity contribution >= 4 is 12.1 Å². The summed E-state index contributed by atoms with van der Waals surface area (Å²) in [6, 6.07) is 16.8. The fraction of sp³-hybridized carbons (Fsp3) is 0.333. The van der Waals surface area contributed by atoms with Crippen molar-refractivity contribution in [2.75, 3.05) is 13.7 Å². The highest BCUT2D eigenvalue weighted by atomic mass is 19.4. The first-order valence-electron chi connectivity index (χ1n) is 12.4. The van der Waals surface area contributed by atoms with Gasteiger partial charge in [0.25, 0.3) is 0 Å². The number of rotatable bonds is 6. The minimum Gasteiger partial charge on any atom is -0.458 e. The van der Waals surface area contributed by atoms with Crippen LogP contribution in [-0.2, 0) is 26.9 Å². The van der Waals surface area contributed by atoms with E-state index in [9.17, 15) is 27.2 Å². The first-order chi connectivity index (χ1) is 18.3. The molecule has 0 aromatic heterocycles. The predicted molar refractivity (Wildman–Crippen MR) is 138 cm³/mol. The summed E-state index contributed by atoms with van der Waals surface area (Å²) in [6.07, 6.45) is -5.95. The van der Waals surface area contributed by atoms with Gasteiger partial charge >= 0.3 is 18.2 Å². The number of benzene rings is 3. The van der Waals surface area contributed by atoms with Crippen LogP contribution in [0.5, 0.6) is 0 Å². The lowest BCUT2D eigenvalue weighted by molar-refractivity contribution is -0.160. The van der Waals surface area contributed by atoms with Crippen molar-refractivity contribution in [3.05, 3.63) is 94.8 Å². The van der Waals surface area contributed by atoms with Gasteiger partial charge in [-0.05, 0) is 60.7 Å². The summed E-state index contributed by atoms with van der Waals surface area (Å²) < 4.78 is 64.3.